The minimum absolute atomic E-state index is 0.108. The normalized spacial score (nSPS) is 13.9. The van der Waals surface area contributed by atoms with Gasteiger partial charge in [-0.25, -0.2) is 0 Å². The van der Waals surface area contributed by atoms with Crippen molar-refractivity contribution >= 4 is 11.6 Å². The summed E-state index contributed by atoms with van der Waals surface area (Å²) in [6.45, 7) is 5.39. The number of benzene rings is 2. The Morgan fingerprint density at radius 2 is 1.52 bits per heavy atom. The number of rotatable bonds is 6. The van der Waals surface area contributed by atoms with Crippen LogP contribution in [0.2, 0.25) is 5.02 Å². The summed E-state index contributed by atoms with van der Waals surface area (Å²) in [5, 5.41) is 13.8. The highest BCUT2D eigenvalue weighted by atomic mass is 35.5. The fourth-order valence-corrected chi connectivity index (χ4v) is 2.34. The summed E-state index contributed by atoms with van der Waals surface area (Å²) >= 11 is 5.98. The van der Waals surface area contributed by atoms with Crippen molar-refractivity contribution < 1.29 is 5.11 Å². The lowest BCUT2D eigenvalue weighted by molar-refractivity contribution is 0.468. The lowest BCUT2D eigenvalue weighted by Crippen LogP contribution is -2.27. The van der Waals surface area contributed by atoms with E-state index < -0.39 is 0 Å². The molecule has 0 aliphatic carbocycles. The smallest absolute Gasteiger partial charge is 0.115 e. The van der Waals surface area contributed by atoms with Gasteiger partial charge in [0.15, 0.2) is 0 Å². The van der Waals surface area contributed by atoms with Crippen molar-refractivity contribution in [1.82, 2.24) is 5.32 Å². The van der Waals surface area contributed by atoms with E-state index in [0.717, 1.165) is 23.6 Å². The zero-order valence-electron chi connectivity index (χ0n) is 12.5. The number of phenols is 1. The first-order chi connectivity index (χ1) is 10.1. The molecule has 0 radical (unpaired) electrons. The van der Waals surface area contributed by atoms with E-state index in [0.29, 0.717) is 5.92 Å². The monoisotopic (exact) mass is 303 g/mol. The fraction of sp³-hybridized carbons (Fsp3) is 0.333. The van der Waals surface area contributed by atoms with Crippen LogP contribution >= 0.6 is 11.6 Å². The molecule has 2 nitrogen and oxygen atoms in total. The van der Waals surface area contributed by atoms with Gasteiger partial charge in [-0.15, -0.1) is 0 Å². The average Bonchev–Trinajstić information content (AvgIpc) is 2.50. The van der Waals surface area contributed by atoms with Crippen molar-refractivity contribution in [3.8, 4) is 5.75 Å². The van der Waals surface area contributed by atoms with Crippen LogP contribution in [0.3, 0.4) is 0 Å². The second kappa shape index (κ2) is 7.48. The van der Waals surface area contributed by atoms with E-state index in [1.807, 2.05) is 36.4 Å². The molecular weight excluding hydrogens is 282 g/mol. The molecule has 0 aliphatic rings. The lowest BCUT2D eigenvalue weighted by atomic mass is 9.97. The van der Waals surface area contributed by atoms with Crippen LogP contribution in [0.15, 0.2) is 48.5 Å². The molecule has 0 saturated carbocycles. The molecule has 112 valence electrons. The van der Waals surface area contributed by atoms with Gasteiger partial charge in [-0.05, 0) is 47.9 Å². The van der Waals surface area contributed by atoms with E-state index in [-0.39, 0.29) is 11.8 Å². The van der Waals surface area contributed by atoms with Crippen LogP contribution in [-0.2, 0) is 0 Å². The number of halogens is 1. The van der Waals surface area contributed by atoms with Crippen LogP contribution in [-0.4, -0.2) is 11.7 Å². The highest BCUT2D eigenvalue weighted by Gasteiger charge is 2.14. The average molecular weight is 304 g/mol. The van der Waals surface area contributed by atoms with Crippen molar-refractivity contribution in [2.75, 3.05) is 6.54 Å². The molecule has 0 aromatic heterocycles. The van der Waals surface area contributed by atoms with Gasteiger partial charge in [0.25, 0.3) is 0 Å². The van der Waals surface area contributed by atoms with Crippen molar-refractivity contribution in [2.24, 2.45) is 5.92 Å². The van der Waals surface area contributed by atoms with Crippen molar-refractivity contribution in [3.05, 3.63) is 64.7 Å². The molecule has 2 aromatic carbocycles. The maximum atomic E-state index is 9.46. The summed E-state index contributed by atoms with van der Waals surface area (Å²) in [7, 11) is 0. The molecule has 2 unspecified atom stereocenters. The zero-order valence-corrected chi connectivity index (χ0v) is 13.3. The first-order valence-electron chi connectivity index (χ1n) is 7.38. The third-order valence-corrected chi connectivity index (χ3v) is 4.05. The van der Waals surface area contributed by atoms with Crippen molar-refractivity contribution in [1.29, 1.82) is 0 Å². The molecule has 2 atom stereocenters. The molecule has 0 amide bonds. The van der Waals surface area contributed by atoms with E-state index in [9.17, 15) is 5.11 Å². The van der Waals surface area contributed by atoms with E-state index >= 15 is 0 Å². The predicted molar refractivity (Wildman–Crippen MR) is 88.9 cm³/mol. The summed E-state index contributed by atoms with van der Waals surface area (Å²) in [5.41, 5.74) is 2.31. The highest BCUT2D eigenvalue weighted by molar-refractivity contribution is 6.30. The molecule has 0 bridgehead atoms. The summed E-state index contributed by atoms with van der Waals surface area (Å²) in [4.78, 5) is 0. The van der Waals surface area contributed by atoms with Crippen LogP contribution < -0.4 is 5.32 Å². The number of nitrogens with one attached hydrogen (secondary N) is 1. The predicted octanol–water partition coefficient (Wildman–Crippen LogP) is 4.77. The molecular formula is C18H22ClNO. The Labute approximate surface area is 131 Å². The van der Waals surface area contributed by atoms with E-state index in [1.54, 1.807) is 12.1 Å². The minimum atomic E-state index is 0.108. The molecule has 3 heteroatoms. The molecule has 2 aromatic rings. The van der Waals surface area contributed by atoms with Gasteiger partial charge in [0.05, 0.1) is 6.04 Å². The third kappa shape index (κ3) is 4.48. The summed E-state index contributed by atoms with van der Waals surface area (Å²) in [5.74, 6) is 0.910. The molecule has 0 fully saturated rings. The minimum Gasteiger partial charge on any atom is -0.508 e. The highest BCUT2D eigenvalue weighted by Crippen LogP contribution is 2.25. The van der Waals surface area contributed by atoms with Gasteiger partial charge in [-0.3, -0.25) is 0 Å². The topological polar surface area (TPSA) is 32.3 Å². The third-order valence-electron chi connectivity index (χ3n) is 3.80. The van der Waals surface area contributed by atoms with Crippen LogP contribution in [0.25, 0.3) is 0 Å². The Bertz CT molecular complexity index is 505. The quantitative estimate of drug-likeness (QED) is 0.805. The first kappa shape index (κ1) is 15.9. The lowest BCUT2D eigenvalue weighted by Gasteiger charge is -2.22. The molecule has 2 rings (SSSR count). The Balaban J connectivity index is 2.25. The van der Waals surface area contributed by atoms with Crippen molar-refractivity contribution in [2.45, 2.75) is 26.3 Å². The molecule has 21 heavy (non-hydrogen) atoms. The second-order valence-corrected chi connectivity index (χ2v) is 5.93. The molecule has 0 aliphatic heterocycles. The first-order valence-corrected chi connectivity index (χ1v) is 7.75. The Morgan fingerprint density at radius 3 is 2.05 bits per heavy atom. The standard InChI is InChI=1S/C18H22ClNO/c1-3-13(2)12-20-18(14-4-8-16(19)9-5-14)15-6-10-17(21)11-7-15/h4-11,13,18,20-21H,3,12H2,1-2H3. The van der Waals surface area contributed by atoms with E-state index in [2.05, 4.69) is 19.2 Å². The zero-order chi connectivity index (χ0) is 15.2. The van der Waals surface area contributed by atoms with Gasteiger partial charge in [0, 0.05) is 5.02 Å². The van der Waals surface area contributed by atoms with Gasteiger partial charge in [0.2, 0.25) is 0 Å². The van der Waals surface area contributed by atoms with E-state index in [1.165, 1.54) is 5.56 Å². The van der Waals surface area contributed by atoms with Crippen LogP contribution in [0.1, 0.15) is 37.4 Å². The summed E-state index contributed by atoms with van der Waals surface area (Å²) < 4.78 is 0. The SMILES string of the molecule is CCC(C)CNC(c1ccc(O)cc1)c1ccc(Cl)cc1. The van der Waals surface area contributed by atoms with E-state index in [4.69, 9.17) is 11.6 Å². The van der Waals surface area contributed by atoms with Gasteiger partial charge in [-0.2, -0.15) is 0 Å². The van der Waals surface area contributed by atoms with Gasteiger partial charge < -0.3 is 10.4 Å². The van der Waals surface area contributed by atoms with Gasteiger partial charge in [0.1, 0.15) is 5.75 Å². The Hall–Kier alpha value is -1.51. The van der Waals surface area contributed by atoms with Crippen LogP contribution in [0, 0.1) is 5.92 Å². The number of hydrogen-bond acceptors (Lipinski definition) is 2. The maximum Gasteiger partial charge on any atom is 0.115 e. The molecule has 2 N–H and O–H groups in total. The fourth-order valence-electron chi connectivity index (χ4n) is 2.21. The molecule has 0 heterocycles. The van der Waals surface area contributed by atoms with Gasteiger partial charge >= 0.3 is 0 Å². The van der Waals surface area contributed by atoms with Crippen molar-refractivity contribution in [3.63, 3.8) is 0 Å². The molecule has 0 spiro atoms. The van der Waals surface area contributed by atoms with Crippen LogP contribution in [0.5, 0.6) is 5.75 Å². The Kier molecular flexibility index (Phi) is 5.66. The number of phenolic OH excluding ortho intramolecular Hbond substituents is 1. The molecule has 0 saturated heterocycles. The van der Waals surface area contributed by atoms with Crippen LogP contribution in [0.4, 0.5) is 0 Å². The second-order valence-electron chi connectivity index (χ2n) is 5.50. The maximum absolute atomic E-state index is 9.46. The number of aromatic hydroxyl groups is 1. The number of hydrogen-bond donors (Lipinski definition) is 2. The summed E-state index contributed by atoms with van der Waals surface area (Å²) in [6.07, 6.45) is 1.15. The summed E-state index contributed by atoms with van der Waals surface area (Å²) in [6, 6.07) is 15.4. The largest absolute Gasteiger partial charge is 0.508 e. The van der Waals surface area contributed by atoms with Gasteiger partial charge in [-0.1, -0.05) is 56.1 Å². The Morgan fingerprint density at radius 1 is 1.00 bits per heavy atom.